The van der Waals surface area contributed by atoms with Crippen molar-refractivity contribution in [3.8, 4) is 0 Å². The Hall–Kier alpha value is -5.33. The van der Waals surface area contributed by atoms with Crippen LogP contribution in [0.25, 0.3) is 11.0 Å². The molecule has 2 aromatic heterocycles. The number of fused-ring (bicyclic) bond motifs is 1. The zero-order valence-corrected chi connectivity index (χ0v) is 25.1. The van der Waals surface area contributed by atoms with E-state index in [-0.39, 0.29) is 37.6 Å². The van der Waals surface area contributed by atoms with Crippen LogP contribution >= 0.6 is 0 Å². The van der Waals surface area contributed by atoms with Crippen molar-refractivity contribution >= 4 is 34.6 Å². The minimum atomic E-state index is -1.21. The standard InChI is InChI=1S/C32H34F2N6O5/c1-37(2)29(41)9-5-4-7-22(19-38(3)32(44)45)30(42)36-26-8-6-16-39(31(26)43)20-28-35-25-15-14-24(34)17-27(25)40(28)18-21-10-12-23(33)13-11-21/h5-6,8-17,22H,4,7,18-20H2,1-3H3,(H,36,42)(H,44,45)/b9-5+/t22-/m0/s1. The van der Waals surface area contributed by atoms with Crippen LogP contribution in [0, 0.1) is 17.6 Å². The van der Waals surface area contributed by atoms with E-state index in [0.717, 1.165) is 10.5 Å². The van der Waals surface area contributed by atoms with Gasteiger partial charge in [0.05, 0.1) is 23.5 Å². The molecular formula is C32H34F2N6O5. The SMILES string of the molecule is CN(C)C(=O)/C=C/CC[C@@H](CN(C)C(=O)O)C(=O)Nc1cccn(Cc2nc3ccc(F)cc3n2Cc2ccc(F)cc2)c1=O. The van der Waals surface area contributed by atoms with E-state index in [1.807, 2.05) is 0 Å². The van der Waals surface area contributed by atoms with Gasteiger partial charge in [0, 0.05) is 40.4 Å². The minimum absolute atomic E-state index is 0.0176. The fraction of sp³-hybridized carbons (Fsp3) is 0.281. The smallest absolute Gasteiger partial charge is 0.407 e. The number of anilines is 1. The molecule has 2 aromatic carbocycles. The molecule has 0 aliphatic rings. The Labute approximate surface area is 258 Å². The normalized spacial score (nSPS) is 11.9. The van der Waals surface area contributed by atoms with Crippen LogP contribution in [0.2, 0.25) is 0 Å². The van der Waals surface area contributed by atoms with E-state index in [1.54, 1.807) is 42.9 Å². The Balaban J connectivity index is 1.58. The maximum absolute atomic E-state index is 14.2. The topological polar surface area (TPSA) is 130 Å². The van der Waals surface area contributed by atoms with Gasteiger partial charge in [0.2, 0.25) is 11.8 Å². The summed E-state index contributed by atoms with van der Waals surface area (Å²) in [6, 6.07) is 13.1. The first-order valence-electron chi connectivity index (χ1n) is 14.1. The third-order valence-corrected chi connectivity index (χ3v) is 7.21. The van der Waals surface area contributed by atoms with Gasteiger partial charge in [-0.3, -0.25) is 14.4 Å². The van der Waals surface area contributed by atoms with Crippen LogP contribution in [0.4, 0.5) is 19.3 Å². The van der Waals surface area contributed by atoms with Gasteiger partial charge in [0.15, 0.2) is 0 Å². The van der Waals surface area contributed by atoms with E-state index in [2.05, 4.69) is 10.3 Å². The summed E-state index contributed by atoms with van der Waals surface area (Å²) in [6.45, 7) is 0.103. The van der Waals surface area contributed by atoms with Crippen LogP contribution in [0.1, 0.15) is 24.2 Å². The van der Waals surface area contributed by atoms with Gasteiger partial charge in [-0.05, 0) is 66.9 Å². The summed E-state index contributed by atoms with van der Waals surface area (Å²) in [4.78, 5) is 57.1. The number of rotatable bonds is 12. The van der Waals surface area contributed by atoms with Gasteiger partial charge in [0.1, 0.15) is 23.1 Å². The fourth-order valence-corrected chi connectivity index (χ4v) is 4.70. The minimum Gasteiger partial charge on any atom is -0.465 e. The molecule has 2 heterocycles. The highest BCUT2D eigenvalue weighted by Crippen LogP contribution is 2.21. The molecule has 0 fully saturated rings. The molecule has 1 atom stereocenters. The lowest BCUT2D eigenvalue weighted by Gasteiger charge is -2.21. The molecule has 45 heavy (non-hydrogen) atoms. The molecule has 4 rings (SSSR count). The average molecular weight is 621 g/mol. The van der Waals surface area contributed by atoms with Crippen LogP contribution in [-0.2, 0) is 22.7 Å². The summed E-state index contributed by atoms with van der Waals surface area (Å²) in [7, 11) is 4.56. The summed E-state index contributed by atoms with van der Waals surface area (Å²) in [5.41, 5.74) is 1.21. The third kappa shape index (κ3) is 8.40. The number of benzene rings is 2. The number of aromatic nitrogens is 3. The molecule has 4 aromatic rings. The summed E-state index contributed by atoms with van der Waals surface area (Å²) < 4.78 is 30.8. The van der Waals surface area contributed by atoms with Crippen molar-refractivity contribution in [1.29, 1.82) is 0 Å². The van der Waals surface area contributed by atoms with Crippen molar-refractivity contribution in [3.05, 3.63) is 106 Å². The van der Waals surface area contributed by atoms with E-state index in [9.17, 15) is 33.1 Å². The Bertz CT molecular complexity index is 1780. The van der Waals surface area contributed by atoms with Crippen molar-refractivity contribution < 1.29 is 28.3 Å². The van der Waals surface area contributed by atoms with Crippen LogP contribution in [0.5, 0.6) is 0 Å². The first-order valence-corrected chi connectivity index (χ1v) is 14.1. The highest BCUT2D eigenvalue weighted by molar-refractivity contribution is 5.92. The van der Waals surface area contributed by atoms with Crippen molar-refractivity contribution in [3.63, 3.8) is 0 Å². The molecule has 0 saturated carbocycles. The van der Waals surface area contributed by atoms with Gasteiger partial charge in [0.25, 0.3) is 5.56 Å². The highest BCUT2D eigenvalue weighted by atomic mass is 19.1. The summed E-state index contributed by atoms with van der Waals surface area (Å²) in [6.07, 6.45) is 3.87. The van der Waals surface area contributed by atoms with Gasteiger partial charge in [-0.25, -0.2) is 18.6 Å². The predicted molar refractivity (Wildman–Crippen MR) is 165 cm³/mol. The van der Waals surface area contributed by atoms with Gasteiger partial charge >= 0.3 is 6.09 Å². The molecule has 2 N–H and O–H groups in total. The molecule has 0 bridgehead atoms. The number of pyridine rings is 1. The number of imidazole rings is 1. The Kier molecular flexibility index (Phi) is 10.4. The first-order chi connectivity index (χ1) is 21.4. The van der Waals surface area contributed by atoms with E-state index in [0.29, 0.717) is 23.3 Å². The number of hydrogen-bond donors (Lipinski definition) is 2. The number of halogens is 2. The quantitative estimate of drug-likeness (QED) is 0.229. The summed E-state index contributed by atoms with van der Waals surface area (Å²) >= 11 is 0. The molecule has 0 aliphatic heterocycles. The number of amides is 3. The zero-order valence-electron chi connectivity index (χ0n) is 25.1. The van der Waals surface area contributed by atoms with Crippen LogP contribution in [0.15, 0.2) is 77.7 Å². The Morgan fingerprint density at radius 1 is 1.02 bits per heavy atom. The largest absolute Gasteiger partial charge is 0.465 e. The highest BCUT2D eigenvalue weighted by Gasteiger charge is 2.23. The van der Waals surface area contributed by atoms with Crippen LogP contribution in [-0.4, -0.2) is 74.6 Å². The molecule has 0 radical (unpaired) electrons. The van der Waals surface area contributed by atoms with E-state index in [1.165, 1.54) is 65.2 Å². The lowest BCUT2D eigenvalue weighted by Crippen LogP contribution is -2.37. The maximum Gasteiger partial charge on any atom is 0.407 e. The van der Waals surface area contributed by atoms with Gasteiger partial charge in [-0.1, -0.05) is 18.2 Å². The molecule has 3 amide bonds. The Morgan fingerprint density at radius 3 is 2.42 bits per heavy atom. The molecule has 0 aliphatic carbocycles. The first kappa shape index (κ1) is 32.6. The maximum atomic E-state index is 14.2. The Morgan fingerprint density at radius 2 is 1.73 bits per heavy atom. The second-order valence-corrected chi connectivity index (χ2v) is 10.8. The number of allylic oxidation sites excluding steroid dienone is 1. The molecule has 0 unspecified atom stereocenters. The van der Waals surface area contributed by atoms with Crippen molar-refractivity contribution in [2.24, 2.45) is 5.92 Å². The molecule has 0 saturated heterocycles. The molecular weight excluding hydrogens is 586 g/mol. The lowest BCUT2D eigenvalue weighted by atomic mass is 10.0. The molecule has 0 spiro atoms. The zero-order chi connectivity index (χ0) is 32.7. The van der Waals surface area contributed by atoms with E-state index in [4.69, 9.17) is 0 Å². The number of likely N-dealkylation sites (N-methyl/N-ethyl adjacent to an activating group) is 1. The number of hydrogen-bond acceptors (Lipinski definition) is 5. The molecule has 236 valence electrons. The van der Waals surface area contributed by atoms with Crippen LogP contribution in [0.3, 0.4) is 0 Å². The summed E-state index contributed by atoms with van der Waals surface area (Å²) in [5.74, 6) is -2.00. The van der Waals surface area contributed by atoms with Crippen molar-refractivity contribution in [2.45, 2.75) is 25.9 Å². The predicted octanol–water partition coefficient (Wildman–Crippen LogP) is 4.16. The second kappa shape index (κ2) is 14.4. The molecule has 13 heteroatoms. The fourth-order valence-electron chi connectivity index (χ4n) is 4.70. The van der Waals surface area contributed by atoms with E-state index < -0.39 is 35.1 Å². The number of carbonyl (C=O) groups excluding carboxylic acids is 2. The monoisotopic (exact) mass is 620 g/mol. The second-order valence-electron chi connectivity index (χ2n) is 10.8. The van der Waals surface area contributed by atoms with Gasteiger partial charge < -0.3 is 29.4 Å². The third-order valence-electron chi connectivity index (χ3n) is 7.21. The van der Waals surface area contributed by atoms with E-state index >= 15 is 0 Å². The van der Waals surface area contributed by atoms with Crippen molar-refractivity contribution in [1.82, 2.24) is 23.9 Å². The number of carbonyl (C=O) groups is 3. The number of nitrogens with one attached hydrogen (secondary N) is 1. The lowest BCUT2D eigenvalue weighted by molar-refractivity contribution is -0.123. The van der Waals surface area contributed by atoms with Crippen LogP contribution < -0.4 is 10.9 Å². The van der Waals surface area contributed by atoms with Gasteiger partial charge in [-0.15, -0.1) is 0 Å². The van der Waals surface area contributed by atoms with Gasteiger partial charge in [-0.2, -0.15) is 0 Å². The number of carboxylic acid groups (broad SMARTS) is 1. The van der Waals surface area contributed by atoms with Crippen molar-refractivity contribution in [2.75, 3.05) is 33.0 Å². The number of nitrogens with zero attached hydrogens (tertiary/aromatic N) is 5. The average Bonchev–Trinajstić information content (AvgIpc) is 3.32. The summed E-state index contributed by atoms with van der Waals surface area (Å²) in [5, 5.41) is 12.0. The molecule has 11 nitrogen and oxygen atoms in total.